The summed E-state index contributed by atoms with van der Waals surface area (Å²) in [6, 6.07) is 5.36. The fourth-order valence-corrected chi connectivity index (χ4v) is 5.29. The van der Waals surface area contributed by atoms with Crippen molar-refractivity contribution in [2.45, 2.75) is 44.4 Å². The van der Waals surface area contributed by atoms with Crippen molar-refractivity contribution < 1.29 is 0 Å². The van der Waals surface area contributed by atoms with E-state index in [1.165, 1.54) is 0 Å². The van der Waals surface area contributed by atoms with Crippen molar-refractivity contribution in [1.29, 1.82) is 0 Å². The van der Waals surface area contributed by atoms with Gasteiger partial charge in [-0.25, -0.2) is 0 Å². The standard InChI is InChI=1S/C23H24Cl2N2OS/c24-18-10-11-20(25)17(12-18)13-19-21(26-23(29)27-22(19)28)16-8-6-15(7-9-16)14-4-2-1-3-5-14/h1-4,10-12,14-16H,5-9,13H2,(H2,26,27,28,29). The Labute approximate surface area is 185 Å². The summed E-state index contributed by atoms with van der Waals surface area (Å²) in [6.45, 7) is 0. The molecule has 29 heavy (non-hydrogen) atoms. The van der Waals surface area contributed by atoms with Gasteiger partial charge in [-0.1, -0.05) is 47.5 Å². The first-order valence-electron chi connectivity index (χ1n) is 10.1. The van der Waals surface area contributed by atoms with Gasteiger partial charge in [0.25, 0.3) is 5.56 Å². The van der Waals surface area contributed by atoms with Crippen LogP contribution in [0.1, 0.15) is 54.8 Å². The number of hydrogen-bond donors (Lipinski definition) is 2. The maximum atomic E-state index is 12.8. The number of nitrogens with one attached hydrogen (secondary N) is 2. The van der Waals surface area contributed by atoms with Crippen LogP contribution in [-0.4, -0.2) is 9.97 Å². The van der Waals surface area contributed by atoms with Crippen molar-refractivity contribution in [1.82, 2.24) is 9.97 Å². The van der Waals surface area contributed by atoms with Crippen molar-refractivity contribution in [3.8, 4) is 0 Å². The third kappa shape index (κ3) is 4.76. The molecule has 2 N–H and O–H groups in total. The normalized spacial score (nSPS) is 24.0. The molecule has 1 atom stereocenters. The molecule has 0 radical (unpaired) electrons. The molecule has 0 saturated heterocycles. The monoisotopic (exact) mass is 446 g/mol. The van der Waals surface area contributed by atoms with Crippen molar-refractivity contribution in [2.24, 2.45) is 11.8 Å². The summed E-state index contributed by atoms with van der Waals surface area (Å²) < 4.78 is 0.383. The summed E-state index contributed by atoms with van der Waals surface area (Å²) in [7, 11) is 0. The van der Waals surface area contributed by atoms with Gasteiger partial charge in [0, 0.05) is 27.7 Å². The van der Waals surface area contributed by atoms with E-state index in [2.05, 4.69) is 34.3 Å². The highest BCUT2D eigenvalue weighted by Gasteiger charge is 2.29. The van der Waals surface area contributed by atoms with E-state index >= 15 is 0 Å². The quantitative estimate of drug-likeness (QED) is 0.510. The minimum Gasteiger partial charge on any atom is -0.335 e. The molecule has 1 heterocycles. The summed E-state index contributed by atoms with van der Waals surface area (Å²) in [5.74, 6) is 1.66. The molecular formula is C23H24Cl2N2OS. The molecule has 1 aromatic heterocycles. The van der Waals surface area contributed by atoms with Crippen molar-refractivity contribution in [3.05, 3.63) is 84.5 Å². The maximum absolute atomic E-state index is 12.8. The van der Waals surface area contributed by atoms with Crippen LogP contribution in [0.5, 0.6) is 0 Å². The second-order valence-electron chi connectivity index (χ2n) is 8.04. The first-order valence-corrected chi connectivity index (χ1v) is 11.3. The number of aromatic amines is 2. The van der Waals surface area contributed by atoms with E-state index in [9.17, 15) is 4.79 Å². The zero-order chi connectivity index (χ0) is 20.4. The molecule has 3 nitrogen and oxygen atoms in total. The molecule has 152 valence electrons. The van der Waals surface area contributed by atoms with Gasteiger partial charge in [-0.05, 0) is 85.8 Å². The molecule has 2 aromatic rings. The number of H-pyrrole nitrogens is 2. The summed E-state index contributed by atoms with van der Waals surface area (Å²) in [5, 5.41) is 1.23. The fraction of sp³-hybridized carbons (Fsp3) is 0.391. The zero-order valence-corrected chi connectivity index (χ0v) is 18.4. The van der Waals surface area contributed by atoms with Crippen LogP contribution in [0.15, 0.2) is 47.3 Å². The number of allylic oxidation sites excluding steroid dienone is 4. The van der Waals surface area contributed by atoms with E-state index in [0.717, 1.165) is 43.4 Å². The Balaban J connectivity index is 1.58. The van der Waals surface area contributed by atoms with E-state index in [0.29, 0.717) is 44.6 Å². The Hall–Kier alpha value is -1.62. The molecule has 0 bridgehead atoms. The smallest absolute Gasteiger partial charge is 0.255 e. The predicted molar refractivity (Wildman–Crippen MR) is 123 cm³/mol. The number of halogens is 2. The SMILES string of the molecule is O=c1[nH]c(=S)[nH]c(C2CCC(C3C=CC=CC3)CC2)c1Cc1cc(Cl)ccc1Cl. The molecule has 1 unspecified atom stereocenters. The molecule has 6 heteroatoms. The highest BCUT2D eigenvalue weighted by molar-refractivity contribution is 7.71. The molecule has 1 fully saturated rings. The summed E-state index contributed by atoms with van der Waals surface area (Å²) >= 11 is 17.8. The first-order chi connectivity index (χ1) is 14.0. The minimum atomic E-state index is -0.137. The Morgan fingerprint density at radius 1 is 1.07 bits per heavy atom. The highest BCUT2D eigenvalue weighted by atomic mass is 35.5. The van der Waals surface area contributed by atoms with E-state index in [1.54, 1.807) is 12.1 Å². The predicted octanol–water partition coefficient (Wildman–Crippen LogP) is 6.74. The molecule has 0 amide bonds. The van der Waals surface area contributed by atoms with Gasteiger partial charge in [-0.3, -0.25) is 9.78 Å². The van der Waals surface area contributed by atoms with Crippen LogP contribution < -0.4 is 5.56 Å². The van der Waals surface area contributed by atoms with Crippen LogP contribution in [0.25, 0.3) is 0 Å². The lowest BCUT2D eigenvalue weighted by molar-refractivity contribution is 0.262. The van der Waals surface area contributed by atoms with Crippen LogP contribution in [0.4, 0.5) is 0 Å². The van der Waals surface area contributed by atoms with Crippen LogP contribution in [0, 0.1) is 16.6 Å². The Morgan fingerprint density at radius 3 is 2.59 bits per heavy atom. The summed E-state index contributed by atoms with van der Waals surface area (Å²) in [6.07, 6.45) is 14.9. The van der Waals surface area contributed by atoms with Crippen LogP contribution >= 0.6 is 35.4 Å². The summed E-state index contributed by atoms with van der Waals surface area (Å²) in [5.41, 5.74) is 2.39. The van der Waals surface area contributed by atoms with Crippen molar-refractivity contribution in [2.75, 3.05) is 0 Å². The average molecular weight is 447 g/mol. The van der Waals surface area contributed by atoms with Crippen LogP contribution in [0.2, 0.25) is 10.0 Å². The van der Waals surface area contributed by atoms with Gasteiger partial charge in [-0.2, -0.15) is 0 Å². The molecular weight excluding hydrogens is 423 g/mol. The zero-order valence-electron chi connectivity index (χ0n) is 16.1. The van der Waals surface area contributed by atoms with Crippen LogP contribution in [0.3, 0.4) is 0 Å². The number of hydrogen-bond acceptors (Lipinski definition) is 2. The Bertz CT molecular complexity index is 1060. The van der Waals surface area contributed by atoms with Gasteiger partial charge >= 0.3 is 0 Å². The molecule has 1 saturated carbocycles. The lowest BCUT2D eigenvalue weighted by Crippen LogP contribution is -2.25. The van der Waals surface area contributed by atoms with Gasteiger partial charge in [0.15, 0.2) is 4.77 Å². The number of benzene rings is 1. The third-order valence-electron chi connectivity index (χ3n) is 6.25. The fourth-order valence-electron chi connectivity index (χ4n) is 4.71. The topological polar surface area (TPSA) is 48.6 Å². The van der Waals surface area contributed by atoms with Gasteiger partial charge in [-0.15, -0.1) is 0 Å². The van der Waals surface area contributed by atoms with E-state index in [4.69, 9.17) is 35.4 Å². The number of rotatable bonds is 4. The van der Waals surface area contributed by atoms with E-state index < -0.39 is 0 Å². The van der Waals surface area contributed by atoms with Crippen LogP contribution in [-0.2, 0) is 6.42 Å². The average Bonchev–Trinajstić information content (AvgIpc) is 2.73. The van der Waals surface area contributed by atoms with E-state index in [-0.39, 0.29) is 5.56 Å². The van der Waals surface area contributed by atoms with Gasteiger partial charge in [0.2, 0.25) is 0 Å². The second-order valence-corrected chi connectivity index (χ2v) is 9.29. The Kier molecular flexibility index (Phi) is 6.43. The largest absolute Gasteiger partial charge is 0.335 e. The number of aromatic nitrogens is 2. The van der Waals surface area contributed by atoms with Gasteiger partial charge in [0.05, 0.1) is 0 Å². The third-order valence-corrected chi connectivity index (χ3v) is 7.06. The van der Waals surface area contributed by atoms with E-state index in [1.807, 2.05) is 6.07 Å². The molecule has 1 aromatic carbocycles. The molecule has 2 aliphatic rings. The van der Waals surface area contributed by atoms with Crippen molar-refractivity contribution >= 4 is 35.4 Å². The second kappa shape index (κ2) is 9.03. The molecule has 0 spiro atoms. The van der Waals surface area contributed by atoms with Crippen molar-refractivity contribution in [3.63, 3.8) is 0 Å². The minimum absolute atomic E-state index is 0.137. The lowest BCUT2D eigenvalue weighted by Gasteiger charge is -2.33. The maximum Gasteiger partial charge on any atom is 0.255 e. The summed E-state index contributed by atoms with van der Waals surface area (Å²) in [4.78, 5) is 18.8. The molecule has 0 aliphatic heterocycles. The van der Waals surface area contributed by atoms with Gasteiger partial charge in [0.1, 0.15) is 0 Å². The van der Waals surface area contributed by atoms with Gasteiger partial charge < -0.3 is 4.98 Å². The highest BCUT2D eigenvalue weighted by Crippen LogP contribution is 2.41. The molecule has 4 rings (SSSR count). The first kappa shape index (κ1) is 20.6. The lowest BCUT2D eigenvalue weighted by atomic mass is 9.72. The Morgan fingerprint density at radius 2 is 1.86 bits per heavy atom. The molecule has 2 aliphatic carbocycles.